The zero-order valence-corrected chi connectivity index (χ0v) is 10.5. The highest BCUT2D eigenvalue weighted by Crippen LogP contribution is 2.19. The highest BCUT2D eigenvalue weighted by molar-refractivity contribution is 6.53. The molecule has 0 unspecified atom stereocenters. The Morgan fingerprint density at radius 3 is 2.41 bits per heavy atom. The second kappa shape index (κ2) is 6.21. The summed E-state index contributed by atoms with van der Waals surface area (Å²) < 4.78 is 4.57. The van der Waals surface area contributed by atoms with Gasteiger partial charge in [-0.3, -0.25) is 4.79 Å². The molecule has 3 nitrogen and oxygen atoms in total. The monoisotopic (exact) mass is 252 g/mol. The molecule has 1 rings (SSSR count). The third-order valence-corrected chi connectivity index (χ3v) is 2.39. The molecular weight excluding hydrogens is 240 g/mol. The lowest BCUT2D eigenvalue weighted by molar-refractivity contribution is -0.151. The van der Waals surface area contributed by atoms with E-state index in [1.54, 1.807) is 19.1 Å². The summed E-state index contributed by atoms with van der Waals surface area (Å²) in [4.78, 5) is 22.4. The molecule has 1 aromatic rings. The zero-order chi connectivity index (χ0) is 12.8. The van der Waals surface area contributed by atoms with Crippen molar-refractivity contribution in [3.05, 3.63) is 41.5 Å². The maximum Gasteiger partial charge on any atom is 0.379 e. The molecule has 90 valence electrons. The fraction of sp³-hybridized carbons (Fsp3) is 0.231. The van der Waals surface area contributed by atoms with E-state index in [0.717, 1.165) is 11.6 Å². The minimum absolute atomic E-state index is 0.167. The first-order valence-electron chi connectivity index (χ1n) is 5.20. The Balaban J connectivity index is 2.82. The maximum atomic E-state index is 11.3. The van der Waals surface area contributed by atoms with Gasteiger partial charge in [0.15, 0.2) is 0 Å². The molecule has 0 atom stereocenters. The van der Waals surface area contributed by atoms with Crippen LogP contribution in [0.5, 0.6) is 0 Å². The molecule has 0 heterocycles. The standard InChI is InChI=1S/C13H13ClO3/c1-3-17-13(16)12(15)8-11(14)10-6-4-9(2)5-7-10/h4-8H,3H2,1-2H3/b11-8-. The van der Waals surface area contributed by atoms with Gasteiger partial charge in [-0.05, 0) is 19.4 Å². The van der Waals surface area contributed by atoms with E-state index in [1.807, 2.05) is 19.1 Å². The van der Waals surface area contributed by atoms with E-state index in [1.165, 1.54) is 0 Å². The molecule has 0 fully saturated rings. The van der Waals surface area contributed by atoms with Crippen LogP contribution >= 0.6 is 11.6 Å². The molecule has 0 spiro atoms. The molecule has 0 N–H and O–H groups in total. The normalized spacial score (nSPS) is 11.1. The smallest absolute Gasteiger partial charge is 0.379 e. The van der Waals surface area contributed by atoms with Crippen LogP contribution in [0.15, 0.2) is 30.3 Å². The fourth-order valence-electron chi connectivity index (χ4n) is 1.17. The number of rotatable bonds is 4. The van der Waals surface area contributed by atoms with Gasteiger partial charge in [-0.2, -0.15) is 0 Å². The summed E-state index contributed by atoms with van der Waals surface area (Å²) >= 11 is 5.93. The van der Waals surface area contributed by atoms with Crippen molar-refractivity contribution in [1.82, 2.24) is 0 Å². The van der Waals surface area contributed by atoms with E-state index >= 15 is 0 Å². The Morgan fingerprint density at radius 2 is 1.88 bits per heavy atom. The summed E-state index contributed by atoms with van der Waals surface area (Å²) in [6, 6.07) is 7.32. The lowest BCUT2D eigenvalue weighted by Gasteiger charge is -2.00. The van der Waals surface area contributed by atoms with Crippen molar-refractivity contribution < 1.29 is 14.3 Å². The van der Waals surface area contributed by atoms with E-state index < -0.39 is 11.8 Å². The average Bonchev–Trinajstić information content (AvgIpc) is 2.30. The molecule has 0 aliphatic rings. The van der Waals surface area contributed by atoms with Crippen molar-refractivity contribution in [3.63, 3.8) is 0 Å². The van der Waals surface area contributed by atoms with Crippen LogP contribution in [0.25, 0.3) is 5.03 Å². The first kappa shape index (κ1) is 13.5. The molecule has 0 aromatic heterocycles. The van der Waals surface area contributed by atoms with E-state index in [9.17, 15) is 9.59 Å². The van der Waals surface area contributed by atoms with Gasteiger partial charge in [-0.25, -0.2) is 4.79 Å². The van der Waals surface area contributed by atoms with E-state index in [2.05, 4.69) is 4.74 Å². The number of carbonyl (C=O) groups is 2. The Hall–Kier alpha value is -1.61. The second-order valence-electron chi connectivity index (χ2n) is 3.44. The van der Waals surface area contributed by atoms with Gasteiger partial charge in [0.1, 0.15) is 0 Å². The Labute approximate surface area is 105 Å². The Kier molecular flexibility index (Phi) is 4.91. The van der Waals surface area contributed by atoms with Crippen LogP contribution in [-0.4, -0.2) is 18.4 Å². The van der Waals surface area contributed by atoms with E-state index in [4.69, 9.17) is 11.6 Å². The largest absolute Gasteiger partial charge is 0.460 e. The lowest BCUT2D eigenvalue weighted by atomic mass is 10.1. The van der Waals surface area contributed by atoms with Gasteiger partial charge in [-0.15, -0.1) is 0 Å². The summed E-state index contributed by atoms with van der Waals surface area (Å²) in [6.45, 7) is 3.75. The van der Waals surface area contributed by atoms with Crippen molar-refractivity contribution in [2.45, 2.75) is 13.8 Å². The minimum Gasteiger partial charge on any atom is -0.460 e. The molecule has 0 saturated heterocycles. The number of halogens is 1. The second-order valence-corrected chi connectivity index (χ2v) is 3.85. The van der Waals surface area contributed by atoms with Gasteiger partial charge in [0.05, 0.1) is 11.6 Å². The SMILES string of the molecule is CCOC(=O)C(=O)/C=C(\Cl)c1ccc(C)cc1. The first-order valence-corrected chi connectivity index (χ1v) is 5.57. The third-order valence-electron chi connectivity index (χ3n) is 2.06. The minimum atomic E-state index is -0.891. The zero-order valence-electron chi connectivity index (χ0n) is 9.70. The number of hydrogen-bond acceptors (Lipinski definition) is 3. The summed E-state index contributed by atoms with van der Waals surface area (Å²) in [6.07, 6.45) is 1.07. The van der Waals surface area contributed by atoms with Gasteiger partial charge in [0.25, 0.3) is 5.78 Å². The van der Waals surface area contributed by atoms with Crippen LogP contribution in [0.2, 0.25) is 0 Å². The van der Waals surface area contributed by atoms with Gasteiger partial charge in [0.2, 0.25) is 0 Å². The summed E-state index contributed by atoms with van der Waals surface area (Å²) in [5, 5.41) is 0.225. The highest BCUT2D eigenvalue weighted by Gasteiger charge is 2.12. The molecule has 0 bridgehead atoms. The highest BCUT2D eigenvalue weighted by atomic mass is 35.5. The fourth-order valence-corrected chi connectivity index (χ4v) is 1.40. The number of ketones is 1. The number of benzene rings is 1. The Bertz CT molecular complexity index is 446. The molecule has 0 radical (unpaired) electrons. The first-order chi connectivity index (χ1) is 8.04. The van der Waals surface area contributed by atoms with Crippen molar-refractivity contribution in [1.29, 1.82) is 0 Å². The number of ether oxygens (including phenoxy) is 1. The van der Waals surface area contributed by atoms with Crippen molar-refractivity contribution >= 4 is 28.4 Å². The Morgan fingerprint density at radius 1 is 1.29 bits per heavy atom. The van der Waals surface area contributed by atoms with Crippen LogP contribution in [0.1, 0.15) is 18.1 Å². The van der Waals surface area contributed by atoms with Crippen LogP contribution in [-0.2, 0) is 14.3 Å². The molecular formula is C13H13ClO3. The quantitative estimate of drug-likeness (QED) is 0.470. The molecule has 0 saturated carbocycles. The van der Waals surface area contributed by atoms with Gasteiger partial charge >= 0.3 is 5.97 Å². The molecule has 1 aromatic carbocycles. The summed E-state index contributed by atoms with van der Waals surface area (Å²) in [5.74, 6) is -1.64. The predicted molar refractivity (Wildman–Crippen MR) is 66.6 cm³/mol. The van der Waals surface area contributed by atoms with Crippen molar-refractivity contribution in [2.24, 2.45) is 0 Å². The average molecular weight is 253 g/mol. The van der Waals surface area contributed by atoms with E-state index in [-0.39, 0.29) is 11.6 Å². The van der Waals surface area contributed by atoms with Gasteiger partial charge in [-0.1, -0.05) is 41.4 Å². The number of hydrogen-bond donors (Lipinski definition) is 0. The number of carbonyl (C=O) groups excluding carboxylic acids is 2. The number of aryl methyl sites for hydroxylation is 1. The van der Waals surface area contributed by atoms with Crippen LogP contribution in [0.4, 0.5) is 0 Å². The maximum absolute atomic E-state index is 11.3. The predicted octanol–water partition coefficient (Wildman–Crippen LogP) is 2.71. The van der Waals surface area contributed by atoms with Crippen molar-refractivity contribution in [3.8, 4) is 0 Å². The van der Waals surface area contributed by atoms with Crippen LogP contribution < -0.4 is 0 Å². The molecule has 0 aliphatic carbocycles. The molecule has 0 amide bonds. The molecule has 17 heavy (non-hydrogen) atoms. The number of esters is 1. The molecule has 0 aliphatic heterocycles. The van der Waals surface area contributed by atoms with Gasteiger partial charge < -0.3 is 4.74 Å². The molecule has 4 heteroatoms. The summed E-state index contributed by atoms with van der Waals surface area (Å²) in [5.41, 5.74) is 1.78. The lowest BCUT2D eigenvalue weighted by Crippen LogP contribution is -2.14. The van der Waals surface area contributed by atoms with E-state index in [0.29, 0.717) is 5.56 Å². The van der Waals surface area contributed by atoms with Gasteiger partial charge in [0, 0.05) is 6.08 Å². The van der Waals surface area contributed by atoms with Crippen molar-refractivity contribution in [2.75, 3.05) is 6.61 Å². The van der Waals surface area contributed by atoms with Crippen LogP contribution in [0.3, 0.4) is 0 Å². The topological polar surface area (TPSA) is 43.4 Å². The van der Waals surface area contributed by atoms with Crippen LogP contribution in [0, 0.1) is 6.92 Å². The third kappa shape index (κ3) is 4.04. The summed E-state index contributed by atoms with van der Waals surface area (Å²) in [7, 11) is 0.